The Bertz CT molecular complexity index is 4240. The minimum Gasteiger partial charge on any atom is -0.504 e. The molecule has 0 saturated carbocycles. The third-order valence-corrected chi connectivity index (χ3v) is 14.5. The predicted molar refractivity (Wildman–Crippen MR) is 276 cm³/mol. The topological polar surface area (TPSA) is 466 Å². The fourth-order valence-corrected chi connectivity index (χ4v) is 10.2. The number of amidine groups is 1. The Morgan fingerprint density at radius 3 is 2.14 bits per heavy atom. The Balaban J connectivity index is 1.20. The summed E-state index contributed by atoms with van der Waals surface area (Å²) in [6.45, 7) is 2.04. The number of phenols is 1. The van der Waals surface area contributed by atoms with Crippen LogP contribution < -0.4 is 27.4 Å². The minimum absolute atomic E-state index is 0.125. The highest BCUT2D eigenvalue weighted by atomic mass is 35.5. The second-order valence-corrected chi connectivity index (χ2v) is 22.0. The predicted octanol–water partition coefficient (Wildman–Crippen LogP) is 5.61. The Kier molecular flexibility index (Phi) is 16.4. The fraction of sp³-hybridized carbons (Fsp3) is 0.0930. The molecule has 5 aromatic carbocycles. The summed E-state index contributed by atoms with van der Waals surface area (Å²) in [4.78, 5) is 47.9. The van der Waals surface area contributed by atoms with E-state index in [1.54, 1.807) is 49.4 Å². The van der Waals surface area contributed by atoms with E-state index in [9.17, 15) is 67.4 Å². The van der Waals surface area contributed by atoms with E-state index in [1.807, 2.05) is 0 Å². The van der Waals surface area contributed by atoms with Gasteiger partial charge in [-0.05, 0) is 78.9 Å². The number of hydrogen-bond donors (Lipinski definition) is 9. The van der Waals surface area contributed by atoms with Gasteiger partial charge >= 0.3 is 10.4 Å². The number of carbonyl (C=O) groups is 2. The van der Waals surface area contributed by atoms with E-state index in [-0.39, 0.29) is 33.4 Å². The zero-order chi connectivity index (χ0) is 57.1. The number of azo groups is 2. The van der Waals surface area contributed by atoms with Crippen LogP contribution in [0.25, 0.3) is 10.8 Å². The second kappa shape index (κ2) is 22.5. The van der Waals surface area contributed by atoms with Crippen molar-refractivity contribution in [3.63, 3.8) is 0 Å². The van der Waals surface area contributed by atoms with Crippen LogP contribution in [0.5, 0.6) is 11.6 Å². The van der Waals surface area contributed by atoms with Crippen molar-refractivity contribution in [2.45, 2.75) is 35.2 Å². The lowest BCUT2D eigenvalue weighted by Gasteiger charge is -2.16. The summed E-state index contributed by atoms with van der Waals surface area (Å²) in [6, 6.07) is 19.3. The van der Waals surface area contributed by atoms with E-state index in [0.717, 1.165) is 55.0 Å². The van der Waals surface area contributed by atoms with Crippen LogP contribution in [0.1, 0.15) is 37.4 Å². The van der Waals surface area contributed by atoms with Crippen molar-refractivity contribution in [2.75, 3.05) is 22.0 Å². The van der Waals surface area contributed by atoms with Gasteiger partial charge in [-0.25, -0.2) is 12.6 Å². The molecule has 1 amide bonds. The number of primary amides is 1. The third kappa shape index (κ3) is 13.3. The molecule has 0 bridgehead atoms. The number of rotatable bonds is 19. The van der Waals surface area contributed by atoms with Crippen molar-refractivity contribution < 1.29 is 71.3 Å². The van der Waals surface area contributed by atoms with Crippen LogP contribution in [0.3, 0.4) is 0 Å². The van der Waals surface area contributed by atoms with Gasteiger partial charge in [0.15, 0.2) is 23.7 Å². The minimum atomic E-state index is -5.27. The average molecular weight is 1170 g/mol. The number of carbonyl (C=O) groups excluding carboxylic acids is 2. The fourth-order valence-electron chi connectivity index (χ4n) is 6.95. The van der Waals surface area contributed by atoms with Gasteiger partial charge < -0.3 is 26.6 Å². The van der Waals surface area contributed by atoms with Crippen molar-refractivity contribution in [1.82, 2.24) is 19.5 Å². The first-order valence-corrected chi connectivity index (χ1v) is 27.5. The third-order valence-electron chi connectivity index (χ3n) is 10.6. The molecule has 0 fully saturated rings. The molecule has 30 nitrogen and oxygen atoms in total. The van der Waals surface area contributed by atoms with Gasteiger partial charge in [-0.2, -0.15) is 45.3 Å². The number of hydrazone groups is 1. The van der Waals surface area contributed by atoms with Crippen molar-refractivity contribution >= 4 is 121 Å². The van der Waals surface area contributed by atoms with Crippen molar-refractivity contribution in [3.8, 4) is 11.6 Å². The Hall–Kier alpha value is -8.74. The number of anilines is 4. The standard InChI is InChI=1S/C43H36ClN13O17S4/c1-21-8-9-25(18-58)30(14-21)52-55-38(23-6-4-3-5-7-23)56-53-32-17-27(76(65,66)67)16-31(35(32)59)47-43-49-41(44)48-42(50-43)46-19-57-39(61)33(37(45)60)22(2)34(40(57)62)54-51-29-13-10-24-15-26(75(63,64)20-74-78(71,72)73)11-12-28(24)36(29)77(68,69)70/h3-18,53,59,61H,19-20H2,1-2H3,(H2,45,60)(H,65,66,67)(H,68,69,70)(H,71,72,73)(H2,46,47,48,49,50). The summed E-state index contributed by atoms with van der Waals surface area (Å²) < 4.78 is 131. The molecule has 2 heterocycles. The van der Waals surface area contributed by atoms with Crippen molar-refractivity contribution in [1.29, 1.82) is 0 Å². The number of aromatic hydroxyl groups is 2. The number of aromatic nitrogens is 4. The molecule has 0 aliphatic carbocycles. The number of pyridine rings is 1. The summed E-state index contributed by atoms with van der Waals surface area (Å²) in [6.07, 6.45) is 0.577. The molecule has 0 saturated heterocycles. The van der Waals surface area contributed by atoms with Gasteiger partial charge in [0.2, 0.25) is 38.7 Å². The van der Waals surface area contributed by atoms with Crippen LogP contribution >= 0.6 is 11.6 Å². The summed E-state index contributed by atoms with van der Waals surface area (Å²) in [5, 5.41) is 46.7. The first kappa shape index (κ1) is 57.0. The van der Waals surface area contributed by atoms with Crippen molar-refractivity contribution in [2.24, 2.45) is 31.3 Å². The highest BCUT2D eigenvalue weighted by Crippen LogP contribution is 2.38. The van der Waals surface area contributed by atoms with Crippen LogP contribution in [0, 0.1) is 13.8 Å². The van der Waals surface area contributed by atoms with E-state index in [4.69, 9.17) is 21.9 Å². The quantitative estimate of drug-likeness (QED) is 0.00903. The van der Waals surface area contributed by atoms with E-state index in [1.165, 1.54) is 6.07 Å². The van der Waals surface area contributed by atoms with Crippen LogP contribution in [-0.4, -0.2) is 101 Å². The number of halogens is 1. The molecular formula is C43H36ClN13O17S4. The number of benzene rings is 5. The molecule has 406 valence electrons. The zero-order valence-corrected chi connectivity index (χ0v) is 43.4. The Labute approximate surface area is 444 Å². The maximum absolute atomic E-state index is 14.0. The van der Waals surface area contributed by atoms with Gasteiger partial charge in [-0.1, -0.05) is 48.5 Å². The molecule has 35 heteroatoms. The maximum Gasteiger partial charge on any atom is 0.398 e. The number of nitrogens with one attached hydrogen (secondary N) is 3. The van der Waals surface area contributed by atoms with Gasteiger partial charge in [-0.15, -0.1) is 20.5 Å². The largest absolute Gasteiger partial charge is 0.504 e. The summed E-state index contributed by atoms with van der Waals surface area (Å²) in [7, 11) is -20.0. The van der Waals surface area contributed by atoms with E-state index in [0.29, 0.717) is 16.4 Å². The lowest BCUT2D eigenvalue weighted by atomic mass is 10.1. The van der Waals surface area contributed by atoms with Gasteiger partial charge in [0.05, 0.1) is 21.2 Å². The van der Waals surface area contributed by atoms with Gasteiger partial charge in [0, 0.05) is 22.1 Å². The van der Waals surface area contributed by atoms with Gasteiger partial charge in [-0.3, -0.25) is 38.0 Å². The highest BCUT2D eigenvalue weighted by molar-refractivity contribution is 7.92. The summed E-state index contributed by atoms with van der Waals surface area (Å²) in [5.41, 5.74) is 4.96. The lowest BCUT2D eigenvalue weighted by Crippen LogP contribution is -2.28. The molecule has 0 spiro atoms. The molecular weight excluding hydrogens is 1130 g/mol. The Morgan fingerprint density at radius 1 is 0.795 bits per heavy atom. The summed E-state index contributed by atoms with van der Waals surface area (Å²) in [5.74, 6) is -5.78. The molecule has 78 heavy (non-hydrogen) atoms. The van der Waals surface area contributed by atoms with Crippen LogP contribution in [-0.2, 0) is 51.3 Å². The number of sulfone groups is 1. The molecule has 7 rings (SSSR count). The zero-order valence-electron chi connectivity index (χ0n) is 39.4. The normalized spacial score (nSPS) is 12.6. The number of nitrogens with zero attached hydrogens (tertiary/aromatic N) is 9. The average Bonchev–Trinajstić information content (AvgIpc) is 3.37. The molecule has 7 aromatic rings. The maximum atomic E-state index is 14.0. The van der Waals surface area contributed by atoms with Crippen LogP contribution in [0.2, 0.25) is 5.28 Å². The van der Waals surface area contributed by atoms with Crippen molar-refractivity contribution in [3.05, 3.63) is 134 Å². The van der Waals surface area contributed by atoms with Gasteiger partial charge in [0.25, 0.3) is 31.7 Å². The number of hydrogen-bond acceptors (Lipinski definition) is 24. The second-order valence-electron chi connectivity index (χ2n) is 15.9. The first-order chi connectivity index (χ1) is 36.5. The smallest absolute Gasteiger partial charge is 0.398 e. The highest BCUT2D eigenvalue weighted by Gasteiger charge is 2.27. The Morgan fingerprint density at radius 2 is 1.49 bits per heavy atom. The molecule has 2 aromatic heterocycles. The molecule has 0 aliphatic heterocycles. The molecule has 10 N–H and O–H groups in total. The monoisotopic (exact) mass is 1170 g/mol. The first-order valence-electron chi connectivity index (χ1n) is 21.2. The van der Waals surface area contributed by atoms with Crippen LogP contribution in [0.4, 0.5) is 40.3 Å². The lowest BCUT2D eigenvalue weighted by molar-refractivity contribution is 0.0994. The number of fused-ring (bicyclic) bond motifs is 1. The molecule has 0 radical (unpaired) electrons. The van der Waals surface area contributed by atoms with Gasteiger partial charge in [0.1, 0.15) is 28.5 Å². The van der Waals surface area contributed by atoms with E-state index in [2.05, 4.69) is 60.8 Å². The molecule has 0 unspecified atom stereocenters. The van der Waals surface area contributed by atoms with E-state index < -0.39 is 136 Å². The molecule has 0 aliphatic rings. The molecule has 0 atom stereocenters. The number of aryl methyl sites for hydroxylation is 1. The number of aldehydes is 1. The summed E-state index contributed by atoms with van der Waals surface area (Å²) >= 11 is 6.19. The number of amides is 1. The number of nitrogens with two attached hydrogens (primary N) is 1. The SMILES string of the molecule is Cc1ccc(C=O)c(N=NC(=NNc2cc(S(=O)(=O)O)cc(Nc3nc(Cl)nc(NCn4c(O)c(C(N)=O)c(C)c(N=Nc5ccc6cc(S(=O)(=O)COS(=O)(=O)O)ccc6c5S(=O)(=O)O)c4=O)n3)c2O)c2ccccc2)c1. The van der Waals surface area contributed by atoms with E-state index >= 15 is 0 Å². The van der Waals surface area contributed by atoms with Crippen LogP contribution in [0.15, 0.2) is 136 Å². The number of phenolic OH excluding ortho intramolecular Hbond substituents is 1.